The molecular weight excluding hydrogens is 314 g/mol. The van der Waals surface area contributed by atoms with E-state index >= 15 is 0 Å². The highest BCUT2D eigenvalue weighted by Crippen LogP contribution is 2.34. The first-order valence-corrected chi connectivity index (χ1v) is 6.46. The van der Waals surface area contributed by atoms with E-state index in [1.807, 2.05) is 13.8 Å². The SMILES string of the molecule is CC(C)c1c(-c2cc(Br)ccc2[N+](=O)[O-])[nH][nH]c1=O. The average Bonchev–Trinajstić information content (AvgIpc) is 2.70. The van der Waals surface area contributed by atoms with Gasteiger partial charge in [-0.25, -0.2) is 0 Å². The minimum Gasteiger partial charge on any atom is -0.297 e. The fourth-order valence-corrected chi connectivity index (χ4v) is 2.36. The Hall–Kier alpha value is -1.89. The van der Waals surface area contributed by atoms with E-state index in [4.69, 9.17) is 0 Å². The van der Waals surface area contributed by atoms with Gasteiger partial charge in [0.05, 0.1) is 16.2 Å². The highest BCUT2D eigenvalue weighted by Gasteiger charge is 2.22. The number of aromatic amines is 2. The third-order valence-electron chi connectivity index (χ3n) is 2.82. The van der Waals surface area contributed by atoms with Crippen molar-refractivity contribution in [3.8, 4) is 11.3 Å². The fraction of sp³-hybridized carbons (Fsp3) is 0.250. The van der Waals surface area contributed by atoms with Crippen molar-refractivity contribution in [3.63, 3.8) is 0 Å². The molecule has 100 valence electrons. The van der Waals surface area contributed by atoms with Crippen LogP contribution in [0.2, 0.25) is 0 Å². The summed E-state index contributed by atoms with van der Waals surface area (Å²) in [6.45, 7) is 3.73. The number of benzene rings is 1. The lowest BCUT2D eigenvalue weighted by molar-refractivity contribution is -0.384. The summed E-state index contributed by atoms with van der Waals surface area (Å²) >= 11 is 3.29. The van der Waals surface area contributed by atoms with E-state index in [1.54, 1.807) is 12.1 Å². The molecule has 19 heavy (non-hydrogen) atoms. The van der Waals surface area contributed by atoms with Crippen LogP contribution in [0.3, 0.4) is 0 Å². The van der Waals surface area contributed by atoms with Crippen molar-refractivity contribution in [1.29, 1.82) is 0 Å². The topological polar surface area (TPSA) is 91.8 Å². The second-order valence-corrected chi connectivity index (χ2v) is 5.36. The largest absolute Gasteiger partial charge is 0.297 e. The fourth-order valence-electron chi connectivity index (χ4n) is 2.00. The Morgan fingerprint density at radius 2 is 2.00 bits per heavy atom. The second kappa shape index (κ2) is 5.00. The molecule has 0 radical (unpaired) electrons. The number of halogens is 1. The molecule has 0 spiro atoms. The van der Waals surface area contributed by atoms with Gasteiger partial charge in [0, 0.05) is 16.1 Å². The van der Waals surface area contributed by atoms with Gasteiger partial charge in [0.2, 0.25) is 0 Å². The molecular formula is C12H12BrN3O3. The van der Waals surface area contributed by atoms with Gasteiger partial charge in [0.1, 0.15) is 0 Å². The summed E-state index contributed by atoms with van der Waals surface area (Å²) in [5.74, 6) is -0.0383. The van der Waals surface area contributed by atoms with Gasteiger partial charge in [0.25, 0.3) is 11.2 Å². The summed E-state index contributed by atoms with van der Waals surface area (Å²) in [5.41, 5.74) is 1.08. The monoisotopic (exact) mass is 325 g/mol. The Morgan fingerprint density at radius 1 is 1.32 bits per heavy atom. The number of nitrogens with zero attached hydrogens (tertiary/aromatic N) is 1. The minimum absolute atomic E-state index is 0.0383. The summed E-state index contributed by atoms with van der Waals surface area (Å²) in [4.78, 5) is 22.4. The van der Waals surface area contributed by atoms with Crippen LogP contribution in [0.25, 0.3) is 11.3 Å². The molecule has 0 atom stereocenters. The van der Waals surface area contributed by atoms with E-state index in [-0.39, 0.29) is 17.2 Å². The van der Waals surface area contributed by atoms with Gasteiger partial charge in [-0.2, -0.15) is 0 Å². The summed E-state index contributed by atoms with van der Waals surface area (Å²) in [6, 6.07) is 4.64. The van der Waals surface area contributed by atoms with Crippen LogP contribution >= 0.6 is 15.9 Å². The van der Waals surface area contributed by atoms with E-state index in [2.05, 4.69) is 26.1 Å². The number of H-pyrrole nitrogens is 2. The molecule has 7 heteroatoms. The lowest BCUT2D eigenvalue weighted by Crippen LogP contribution is -2.07. The van der Waals surface area contributed by atoms with E-state index in [0.29, 0.717) is 21.3 Å². The molecule has 0 bridgehead atoms. The van der Waals surface area contributed by atoms with Crippen LogP contribution in [0.4, 0.5) is 5.69 Å². The number of nitro benzene ring substituents is 1. The molecule has 1 aromatic heterocycles. The first-order valence-electron chi connectivity index (χ1n) is 5.66. The molecule has 0 aliphatic carbocycles. The van der Waals surface area contributed by atoms with Gasteiger partial charge in [0.15, 0.2) is 0 Å². The molecule has 2 N–H and O–H groups in total. The quantitative estimate of drug-likeness (QED) is 0.670. The smallest absolute Gasteiger partial charge is 0.278 e. The molecule has 2 rings (SSSR count). The minimum atomic E-state index is -0.461. The lowest BCUT2D eigenvalue weighted by atomic mass is 9.98. The molecule has 0 unspecified atom stereocenters. The van der Waals surface area contributed by atoms with Crippen LogP contribution in [0.1, 0.15) is 25.3 Å². The summed E-state index contributed by atoms with van der Waals surface area (Å²) in [6.07, 6.45) is 0. The summed E-state index contributed by atoms with van der Waals surface area (Å²) in [7, 11) is 0. The Bertz CT molecular complexity index is 688. The predicted molar refractivity (Wildman–Crippen MR) is 75.3 cm³/mol. The van der Waals surface area contributed by atoms with Crippen molar-refractivity contribution in [2.45, 2.75) is 19.8 Å². The zero-order chi connectivity index (χ0) is 14.2. The zero-order valence-corrected chi connectivity index (χ0v) is 11.9. The van der Waals surface area contributed by atoms with Crippen LogP contribution in [0, 0.1) is 10.1 Å². The molecule has 0 fully saturated rings. The maximum Gasteiger partial charge on any atom is 0.278 e. The van der Waals surface area contributed by atoms with Crippen LogP contribution in [0.5, 0.6) is 0 Å². The molecule has 1 heterocycles. The number of rotatable bonds is 3. The number of aromatic nitrogens is 2. The van der Waals surface area contributed by atoms with Crippen LogP contribution in [-0.4, -0.2) is 15.1 Å². The van der Waals surface area contributed by atoms with Crippen molar-refractivity contribution in [2.75, 3.05) is 0 Å². The van der Waals surface area contributed by atoms with E-state index in [0.717, 1.165) is 0 Å². The second-order valence-electron chi connectivity index (χ2n) is 4.44. The van der Waals surface area contributed by atoms with Crippen molar-refractivity contribution in [2.24, 2.45) is 0 Å². The Kier molecular flexibility index (Phi) is 3.57. The van der Waals surface area contributed by atoms with Gasteiger partial charge in [-0.15, -0.1) is 0 Å². The van der Waals surface area contributed by atoms with E-state index < -0.39 is 4.92 Å². The normalized spacial score (nSPS) is 10.9. The lowest BCUT2D eigenvalue weighted by Gasteiger charge is -2.06. The maximum atomic E-state index is 11.8. The molecule has 0 saturated heterocycles. The van der Waals surface area contributed by atoms with E-state index in [1.165, 1.54) is 6.07 Å². The summed E-state index contributed by atoms with van der Waals surface area (Å²) < 4.78 is 0.713. The van der Waals surface area contributed by atoms with Gasteiger partial charge in [-0.1, -0.05) is 29.8 Å². The molecule has 2 aromatic rings. The molecule has 0 aliphatic heterocycles. The highest BCUT2D eigenvalue weighted by atomic mass is 79.9. The number of hydrogen-bond donors (Lipinski definition) is 2. The standard InChI is InChI=1S/C12H12BrN3O3/c1-6(2)10-11(14-15-12(10)17)8-5-7(13)3-4-9(8)16(18)19/h3-6H,1-2H3,(H2,14,15,17). The average molecular weight is 326 g/mol. The van der Waals surface area contributed by atoms with Crippen molar-refractivity contribution >= 4 is 21.6 Å². The van der Waals surface area contributed by atoms with Gasteiger partial charge >= 0.3 is 0 Å². The molecule has 6 nitrogen and oxygen atoms in total. The van der Waals surface area contributed by atoms with Crippen LogP contribution < -0.4 is 5.56 Å². The predicted octanol–water partition coefficient (Wildman–Crippen LogP) is 3.16. The molecule has 0 aliphatic rings. The molecule has 0 amide bonds. The van der Waals surface area contributed by atoms with Gasteiger partial charge in [-0.3, -0.25) is 25.1 Å². The number of nitrogens with one attached hydrogen (secondary N) is 2. The Labute approximate surface area is 117 Å². The number of nitro groups is 1. The van der Waals surface area contributed by atoms with Crippen LogP contribution in [-0.2, 0) is 0 Å². The molecule has 0 saturated carbocycles. The third kappa shape index (κ3) is 2.46. The van der Waals surface area contributed by atoms with Crippen molar-refractivity contribution < 1.29 is 4.92 Å². The zero-order valence-electron chi connectivity index (χ0n) is 10.4. The van der Waals surface area contributed by atoms with E-state index in [9.17, 15) is 14.9 Å². The third-order valence-corrected chi connectivity index (χ3v) is 3.31. The summed E-state index contributed by atoms with van der Waals surface area (Å²) in [5, 5.41) is 16.3. The first-order chi connectivity index (χ1) is 8.91. The van der Waals surface area contributed by atoms with Crippen LogP contribution in [0.15, 0.2) is 27.5 Å². The van der Waals surface area contributed by atoms with Gasteiger partial charge in [-0.05, 0) is 18.1 Å². The Morgan fingerprint density at radius 3 is 2.58 bits per heavy atom. The molecule has 1 aromatic carbocycles. The maximum absolute atomic E-state index is 11.8. The van der Waals surface area contributed by atoms with Gasteiger partial charge < -0.3 is 0 Å². The first kappa shape index (κ1) is 13.5. The highest BCUT2D eigenvalue weighted by molar-refractivity contribution is 9.10. The van der Waals surface area contributed by atoms with Crippen molar-refractivity contribution in [1.82, 2.24) is 10.2 Å². The van der Waals surface area contributed by atoms with Crippen molar-refractivity contribution in [3.05, 3.63) is 48.7 Å². The number of hydrogen-bond acceptors (Lipinski definition) is 3. The Balaban J connectivity index is 2.75.